The second kappa shape index (κ2) is 7.47. The van der Waals surface area contributed by atoms with Crippen LogP contribution < -0.4 is 10.1 Å². The first-order chi connectivity index (χ1) is 10.9. The number of halogens is 2. The zero-order valence-electron chi connectivity index (χ0n) is 13.3. The van der Waals surface area contributed by atoms with Crippen LogP contribution in [0.5, 0.6) is 5.75 Å². The molecule has 1 unspecified atom stereocenters. The van der Waals surface area contributed by atoms with Crippen molar-refractivity contribution in [1.29, 1.82) is 0 Å². The zero-order valence-corrected chi connectivity index (χ0v) is 14.1. The van der Waals surface area contributed by atoms with Gasteiger partial charge in [-0.2, -0.15) is 0 Å². The van der Waals surface area contributed by atoms with Crippen molar-refractivity contribution in [3.05, 3.63) is 63.9 Å². The lowest BCUT2D eigenvalue weighted by molar-refractivity contribution is -0.127. The zero-order chi connectivity index (χ0) is 17.0. The molecule has 1 atom stereocenters. The van der Waals surface area contributed by atoms with Crippen molar-refractivity contribution in [2.24, 2.45) is 0 Å². The molecule has 0 saturated heterocycles. The largest absolute Gasteiger partial charge is 0.481 e. The third-order valence-corrected chi connectivity index (χ3v) is 4.07. The maximum absolute atomic E-state index is 12.8. The second-order valence-corrected chi connectivity index (χ2v) is 5.85. The molecule has 2 aromatic carbocycles. The first-order valence-electron chi connectivity index (χ1n) is 7.32. The Hall–Kier alpha value is -2.07. The van der Waals surface area contributed by atoms with Gasteiger partial charge in [-0.05, 0) is 61.7 Å². The van der Waals surface area contributed by atoms with Crippen LogP contribution >= 0.6 is 11.6 Å². The summed E-state index contributed by atoms with van der Waals surface area (Å²) in [5.41, 5.74) is 2.63. The Labute approximate surface area is 140 Å². The van der Waals surface area contributed by atoms with Crippen molar-refractivity contribution in [3.8, 4) is 5.75 Å². The number of hydrogen-bond donors (Lipinski definition) is 1. The molecule has 0 aromatic heterocycles. The van der Waals surface area contributed by atoms with Gasteiger partial charge < -0.3 is 10.1 Å². The van der Waals surface area contributed by atoms with Gasteiger partial charge in [-0.3, -0.25) is 4.79 Å². The molecular weight excluding hydrogens is 317 g/mol. The molecule has 0 bridgehead atoms. The molecule has 0 aliphatic rings. The van der Waals surface area contributed by atoms with Gasteiger partial charge in [-0.1, -0.05) is 23.7 Å². The second-order valence-electron chi connectivity index (χ2n) is 5.48. The van der Waals surface area contributed by atoms with E-state index in [0.717, 1.165) is 16.7 Å². The van der Waals surface area contributed by atoms with Gasteiger partial charge in [0.25, 0.3) is 5.91 Å². The number of hydrogen-bond acceptors (Lipinski definition) is 2. The molecule has 2 rings (SSSR count). The van der Waals surface area contributed by atoms with E-state index in [1.54, 1.807) is 31.2 Å². The fourth-order valence-corrected chi connectivity index (χ4v) is 2.28. The summed E-state index contributed by atoms with van der Waals surface area (Å²) in [6, 6.07) is 9.60. The Balaban J connectivity index is 1.93. The quantitative estimate of drug-likeness (QED) is 0.890. The summed E-state index contributed by atoms with van der Waals surface area (Å²) < 4.78 is 18.5. The number of rotatable bonds is 5. The molecule has 0 spiro atoms. The number of benzene rings is 2. The van der Waals surface area contributed by atoms with Gasteiger partial charge in [0.05, 0.1) is 0 Å². The highest BCUT2D eigenvalue weighted by Crippen LogP contribution is 2.26. The van der Waals surface area contributed by atoms with Crippen LogP contribution in [0.4, 0.5) is 4.39 Å². The van der Waals surface area contributed by atoms with E-state index >= 15 is 0 Å². The topological polar surface area (TPSA) is 38.3 Å². The number of amides is 1. The van der Waals surface area contributed by atoms with E-state index in [4.69, 9.17) is 16.3 Å². The Morgan fingerprint density at radius 2 is 1.78 bits per heavy atom. The van der Waals surface area contributed by atoms with E-state index in [0.29, 0.717) is 17.3 Å². The van der Waals surface area contributed by atoms with Crippen molar-refractivity contribution in [2.75, 3.05) is 0 Å². The monoisotopic (exact) mass is 335 g/mol. The lowest BCUT2D eigenvalue weighted by Gasteiger charge is -2.16. The normalized spacial score (nSPS) is 11.9. The van der Waals surface area contributed by atoms with E-state index in [1.807, 2.05) is 13.8 Å². The van der Waals surface area contributed by atoms with Crippen LogP contribution in [0.1, 0.15) is 23.6 Å². The molecule has 0 aliphatic carbocycles. The molecule has 1 N–H and O–H groups in total. The van der Waals surface area contributed by atoms with Crippen molar-refractivity contribution in [3.63, 3.8) is 0 Å². The predicted molar refractivity (Wildman–Crippen MR) is 89.3 cm³/mol. The highest BCUT2D eigenvalue weighted by Gasteiger charge is 2.15. The highest BCUT2D eigenvalue weighted by atomic mass is 35.5. The standard InChI is InChI=1S/C18H19ClFNO2/c1-11-8-16(9-12(2)17(11)19)23-13(3)18(22)21-10-14-4-6-15(20)7-5-14/h4-9,13H,10H2,1-3H3,(H,21,22). The van der Waals surface area contributed by atoms with Gasteiger partial charge >= 0.3 is 0 Å². The summed E-state index contributed by atoms with van der Waals surface area (Å²) in [6.45, 7) is 5.79. The van der Waals surface area contributed by atoms with E-state index in [2.05, 4.69) is 5.32 Å². The lowest BCUT2D eigenvalue weighted by Crippen LogP contribution is -2.35. The van der Waals surface area contributed by atoms with Crippen LogP contribution in [0, 0.1) is 19.7 Å². The average molecular weight is 336 g/mol. The average Bonchev–Trinajstić information content (AvgIpc) is 2.51. The van der Waals surface area contributed by atoms with Crippen LogP contribution in [0.25, 0.3) is 0 Å². The van der Waals surface area contributed by atoms with Gasteiger partial charge in [0.1, 0.15) is 11.6 Å². The molecule has 0 radical (unpaired) electrons. The molecule has 3 nitrogen and oxygen atoms in total. The number of carbonyl (C=O) groups excluding carboxylic acids is 1. The maximum Gasteiger partial charge on any atom is 0.261 e. The number of ether oxygens (including phenoxy) is 1. The maximum atomic E-state index is 12.8. The molecule has 2 aromatic rings. The summed E-state index contributed by atoms with van der Waals surface area (Å²) >= 11 is 6.12. The van der Waals surface area contributed by atoms with Crippen molar-refractivity contribution < 1.29 is 13.9 Å². The highest BCUT2D eigenvalue weighted by molar-refractivity contribution is 6.32. The number of carbonyl (C=O) groups is 1. The van der Waals surface area contributed by atoms with Gasteiger partial charge in [0, 0.05) is 11.6 Å². The van der Waals surface area contributed by atoms with Gasteiger partial charge in [-0.15, -0.1) is 0 Å². The minimum atomic E-state index is -0.643. The number of aryl methyl sites for hydroxylation is 2. The molecule has 0 heterocycles. The summed E-state index contributed by atoms with van der Waals surface area (Å²) in [4.78, 5) is 12.1. The SMILES string of the molecule is Cc1cc(OC(C)C(=O)NCc2ccc(F)cc2)cc(C)c1Cl. The smallest absolute Gasteiger partial charge is 0.261 e. The lowest BCUT2D eigenvalue weighted by atomic mass is 10.1. The summed E-state index contributed by atoms with van der Waals surface area (Å²) in [5.74, 6) is 0.0682. The van der Waals surface area contributed by atoms with Crippen molar-refractivity contribution >= 4 is 17.5 Å². The molecule has 0 fully saturated rings. The fourth-order valence-electron chi connectivity index (χ4n) is 2.17. The van der Waals surface area contributed by atoms with Gasteiger partial charge in [0.15, 0.2) is 6.10 Å². The van der Waals surface area contributed by atoms with Crippen LogP contribution in [0.15, 0.2) is 36.4 Å². The van der Waals surface area contributed by atoms with E-state index in [1.165, 1.54) is 12.1 Å². The van der Waals surface area contributed by atoms with Gasteiger partial charge in [0.2, 0.25) is 0 Å². The molecule has 23 heavy (non-hydrogen) atoms. The molecule has 0 saturated carbocycles. The molecular formula is C18H19ClFNO2. The van der Waals surface area contributed by atoms with Crippen LogP contribution in [-0.2, 0) is 11.3 Å². The third-order valence-electron chi connectivity index (χ3n) is 3.47. The summed E-state index contributed by atoms with van der Waals surface area (Å²) in [6.07, 6.45) is -0.643. The summed E-state index contributed by atoms with van der Waals surface area (Å²) in [5, 5.41) is 3.47. The Morgan fingerprint density at radius 1 is 1.22 bits per heavy atom. The molecule has 5 heteroatoms. The predicted octanol–water partition coefficient (Wildman–Crippen LogP) is 4.18. The molecule has 0 aliphatic heterocycles. The summed E-state index contributed by atoms with van der Waals surface area (Å²) in [7, 11) is 0. The van der Waals surface area contributed by atoms with Gasteiger partial charge in [-0.25, -0.2) is 4.39 Å². The Morgan fingerprint density at radius 3 is 2.35 bits per heavy atom. The Kier molecular flexibility index (Phi) is 5.61. The van der Waals surface area contributed by atoms with E-state index < -0.39 is 6.10 Å². The number of nitrogens with one attached hydrogen (secondary N) is 1. The van der Waals surface area contributed by atoms with Crippen molar-refractivity contribution in [1.82, 2.24) is 5.32 Å². The molecule has 1 amide bonds. The third kappa shape index (κ3) is 4.70. The fraction of sp³-hybridized carbons (Fsp3) is 0.278. The van der Waals surface area contributed by atoms with Crippen LogP contribution in [0.2, 0.25) is 5.02 Å². The van der Waals surface area contributed by atoms with E-state index in [9.17, 15) is 9.18 Å². The molecule has 122 valence electrons. The Bertz CT molecular complexity index is 678. The van der Waals surface area contributed by atoms with Crippen molar-refractivity contribution in [2.45, 2.75) is 33.4 Å². The first-order valence-corrected chi connectivity index (χ1v) is 7.70. The minimum Gasteiger partial charge on any atom is -0.481 e. The minimum absolute atomic E-state index is 0.236. The first kappa shape index (κ1) is 17.3. The van der Waals surface area contributed by atoms with Crippen LogP contribution in [0.3, 0.4) is 0 Å². The van der Waals surface area contributed by atoms with Crippen LogP contribution in [-0.4, -0.2) is 12.0 Å². The van der Waals surface area contributed by atoms with E-state index in [-0.39, 0.29) is 11.7 Å².